The molecular weight excluding hydrogens is 282 g/mol. The quantitative estimate of drug-likeness (QED) is 0.634. The number of carbonyl (C=O) groups excluding carboxylic acids is 2. The third-order valence-corrected chi connectivity index (χ3v) is 3.92. The minimum Gasteiger partial charge on any atom is -0.395 e. The number of H-pyrrole nitrogens is 1. The van der Waals surface area contributed by atoms with E-state index < -0.39 is 5.92 Å². The summed E-state index contributed by atoms with van der Waals surface area (Å²) >= 11 is 0. The SMILES string of the molecule is CCCC(C(=O)[C@H]1CCCCC1=O)=C(N)c1nccc(=O)[nH]1. The Morgan fingerprint density at radius 2 is 2.18 bits per heavy atom. The molecule has 6 heteroatoms. The van der Waals surface area contributed by atoms with E-state index in [0.717, 1.165) is 19.3 Å². The number of ketones is 2. The second-order valence-electron chi connectivity index (χ2n) is 5.55. The van der Waals surface area contributed by atoms with Gasteiger partial charge in [0.2, 0.25) is 0 Å². The Morgan fingerprint density at radius 3 is 2.82 bits per heavy atom. The molecule has 1 aliphatic rings. The Labute approximate surface area is 128 Å². The summed E-state index contributed by atoms with van der Waals surface area (Å²) in [6.07, 6.45) is 5.29. The summed E-state index contributed by atoms with van der Waals surface area (Å²) < 4.78 is 0. The van der Waals surface area contributed by atoms with Gasteiger partial charge in [0, 0.05) is 24.3 Å². The van der Waals surface area contributed by atoms with Crippen molar-refractivity contribution in [1.82, 2.24) is 9.97 Å². The maximum absolute atomic E-state index is 12.7. The minimum absolute atomic E-state index is 0.00725. The molecule has 1 atom stereocenters. The van der Waals surface area contributed by atoms with E-state index in [1.807, 2.05) is 6.92 Å². The molecule has 0 unspecified atom stereocenters. The van der Waals surface area contributed by atoms with E-state index in [1.54, 1.807) is 0 Å². The van der Waals surface area contributed by atoms with Crippen molar-refractivity contribution in [3.8, 4) is 0 Å². The first kappa shape index (κ1) is 16.1. The number of carbonyl (C=O) groups is 2. The number of nitrogens with two attached hydrogens (primary N) is 1. The molecule has 2 rings (SSSR count). The van der Waals surface area contributed by atoms with E-state index in [2.05, 4.69) is 9.97 Å². The van der Waals surface area contributed by atoms with E-state index in [-0.39, 0.29) is 28.6 Å². The van der Waals surface area contributed by atoms with Gasteiger partial charge in [-0.1, -0.05) is 19.8 Å². The van der Waals surface area contributed by atoms with Gasteiger partial charge < -0.3 is 10.7 Å². The molecule has 22 heavy (non-hydrogen) atoms. The van der Waals surface area contributed by atoms with Crippen molar-refractivity contribution in [2.75, 3.05) is 0 Å². The summed E-state index contributed by atoms with van der Waals surface area (Å²) in [5, 5.41) is 0. The number of allylic oxidation sites excluding steroid dienone is 1. The minimum atomic E-state index is -0.593. The normalized spacial score (nSPS) is 19.7. The number of aromatic nitrogens is 2. The van der Waals surface area contributed by atoms with Crippen LogP contribution in [0.3, 0.4) is 0 Å². The molecule has 0 amide bonds. The zero-order valence-electron chi connectivity index (χ0n) is 12.7. The number of hydrogen-bond donors (Lipinski definition) is 2. The average molecular weight is 303 g/mol. The first-order chi connectivity index (χ1) is 10.5. The first-order valence-electron chi connectivity index (χ1n) is 7.65. The van der Waals surface area contributed by atoms with Gasteiger partial charge in [0.05, 0.1) is 11.6 Å². The van der Waals surface area contributed by atoms with Crippen LogP contribution in [-0.2, 0) is 9.59 Å². The van der Waals surface area contributed by atoms with Crippen LogP contribution in [0.4, 0.5) is 0 Å². The Morgan fingerprint density at radius 1 is 1.41 bits per heavy atom. The fourth-order valence-corrected chi connectivity index (χ4v) is 2.76. The molecule has 0 radical (unpaired) electrons. The van der Waals surface area contributed by atoms with Crippen LogP contribution >= 0.6 is 0 Å². The van der Waals surface area contributed by atoms with Crippen LogP contribution in [0, 0.1) is 5.92 Å². The lowest BCUT2D eigenvalue weighted by Crippen LogP contribution is -2.30. The zero-order chi connectivity index (χ0) is 16.1. The van der Waals surface area contributed by atoms with Crippen LogP contribution < -0.4 is 11.3 Å². The topological polar surface area (TPSA) is 106 Å². The van der Waals surface area contributed by atoms with E-state index in [4.69, 9.17) is 5.73 Å². The van der Waals surface area contributed by atoms with Gasteiger partial charge in [-0.15, -0.1) is 0 Å². The first-order valence-corrected chi connectivity index (χ1v) is 7.65. The molecule has 0 bridgehead atoms. The predicted octanol–water partition coefficient (Wildman–Crippen LogP) is 1.57. The molecule has 0 spiro atoms. The second kappa shape index (κ2) is 7.15. The van der Waals surface area contributed by atoms with Crippen LogP contribution in [0.1, 0.15) is 51.3 Å². The largest absolute Gasteiger partial charge is 0.395 e. The Hall–Kier alpha value is -2.24. The van der Waals surface area contributed by atoms with Gasteiger partial charge in [-0.05, 0) is 19.3 Å². The number of hydrogen-bond acceptors (Lipinski definition) is 5. The fraction of sp³-hybridized carbons (Fsp3) is 0.500. The highest BCUT2D eigenvalue weighted by atomic mass is 16.2. The Balaban J connectivity index is 2.39. The van der Waals surface area contributed by atoms with Crippen molar-refractivity contribution in [3.05, 3.63) is 34.0 Å². The number of Topliss-reactive ketones (excluding diaryl/α,β-unsaturated/α-hetero) is 2. The number of nitrogens with one attached hydrogen (secondary N) is 1. The number of nitrogens with zero attached hydrogens (tertiary/aromatic N) is 1. The smallest absolute Gasteiger partial charge is 0.251 e. The molecule has 1 aromatic rings. The molecule has 0 saturated heterocycles. The molecular formula is C16H21N3O3. The summed E-state index contributed by atoms with van der Waals surface area (Å²) in [4.78, 5) is 42.6. The average Bonchev–Trinajstić information content (AvgIpc) is 2.52. The van der Waals surface area contributed by atoms with Gasteiger partial charge >= 0.3 is 0 Å². The molecule has 1 heterocycles. The monoisotopic (exact) mass is 303 g/mol. The van der Waals surface area contributed by atoms with Gasteiger partial charge in [-0.25, -0.2) is 4.98 Å². The molecule has 1 aliphatic carbocycles. The summed E-state index contributed by atoms with van der Waals surface area (Å²) in [6.45, 7) is 1.93. The highest BCUT2D eigenvalue weighted by Gasteiger charge is 2.31. The summed E-state index contributed by atoms with van der Waals surface area (Å²) in [5.41, 5.74) is 6.30. The molecule has 1 aromatic heterocycles. The second-order valence-corrected chi connectivity index (χ2v) is 5.55. The van der Waals surface area contributed by atoms with Gasteiger partial charge in [0.25, 0.3) is 5.56 Å². The third kappa shape index (κ3) is 3.50. The molecule has 118 valence electrons. The molecule has 6 nitrogen and oxygen atoms in total. The summed E-state index contributed by atoms with van der Waals surface area (Å²) in [7, 11) is 0. The van der Waals surface area contributed by atoms with E-state index in [9.17, 15) is 14.4 Å². The van der Waals surface area contributed by atoms with E-state index in [0.29, 0.717) is 24.8 Å². The van der Waals surface area contributed by atoms with Gasteiger partial charge in [-0.2, -0.15) is 0 Å². The standard InChI is InChI=1S/C16H21N3O3/c1-2-5-11(14(17)16-18-9-8-13(21)19-16)15(22)10-6-3-4-7-12(10)20/h8-10H,2-7,17H2,1H3,(H,18,19,21)/t10-/m0/s1. The van der Waals surface area contributed by atoms with Crippen LogP contribution in [0.2, 0.25) is 0 Å². The molecule has 0 aromatic carbocycles. The van der Waals surface area contributed by atoms with Gasteiger partial charge in [0.1, 0.15) is 5.78 Å². The number of rotatable bonds is 5. The van der Waals surface area contributed by atoms with Crippen LogP contribution in [0.5, 0.6) is 0 Å². The summed E-state index contributed by atoms with van der Waals surface area (Å²) in [6, 6.07) is 1.28. The third-order valence-electron chi connectivity index (χ3n) is 3.92. The van der Waals surface area contributed by atoms with Crippen LogP contribution in [0.15, 0.2) is 22.6 Å². The van der Waals surface area contributed by atoms with Crippen LogP contribution in [-0.4, -0.2) is 21.5 Å². The lowest BCUT2D eigenvalue weighted by atomic mass is 9.81. The lowest BCUT2D eigenvalue weighted by Gasteiger charge is -2.21. The Bertz CT molecular complexity index is 661. The lowest BCUT2D eigenvalue weighted by molar-refractivity contribution is -0.132. The fourth-order valence-electron chi connectivity index (χ4n) is 2.76. The van der Waals surface area contributed by atoms with Gasteiger partial charge in [-0.3, -0.25) is 14.4 Å². The molecule has 1 saturated carbocycles. The highest BCUT2D eigenvalue weighted by Crippen LogP contribution is 2.27. The van der Waals surface area contributed by atoms with Gasteiger partial charge in [0.15, 0.2) is 11.6 Å². The van der Waals surface area contributed by atoms with Crippen molar-refractivity contribution in [1.29, 1.82) is 0 Å². The predicted molar refractivity (Wildman–Crippen MR) is 82.8 cm³/mol. The maximum Gasteiger partial charge on any atom is 0.251 e. The van der Waals surface area contributed by atoms with Crippen molar-refractivity contribution in [2.24, 2.45) is 11.7 Å². The molecule has 1 fully saturated rings. The Kier molecular flexibility index (Phi) is 5.25. The van der Waals surface area contributed by atoms with Crippen molar-refractivity contribution >= 4 is 17.3 Å². The molecule has 0 aliphatic heterocycles. The zero-order valence-corrected chi connectivity index (χ0v) is 12.7. The van der Waals surface area contributed by atoms with E-state index >= 15 is 0 Å². The van der Waals surface area contributed by atoms with Crippen LogP contribution in [0.25, 0.3) is 5.70 Å². The van der Waals surface area contributed by atoms with Crippen molar-refractivity contribution in [2.45, 2.75) is 45.4 Å². The van der Waals surface area contributed by atoms with E-state index in [1.165, 1.54) is 12.3 Å². The molecule has 3 N–H and O–H groups in total. The van der Waals surface area contributed by atoms with Crippen molar-refractivity contribution < 1.29 is 9.59 Å². The number of aromatic amines is 1. The van der Waals surface area contributed by atoms with Crippen molar-refractivity contribution in [3.63, 3.8) is 0 Å². The highest BCUT2D eigenvalue weighted by molar-refractivity contribution is 6.13. The maximum atomic E-state index is 12.7. The summed E-state index contributed by atoms with van der Waals surface area (Å²) in [5.74, 6) is -0.625.